The molecule has 9 heteroatoms. The van der Waals surface area contributed by atoms with Gasteiger partial charge in [0.2, 0.25) is 11.8 Å². The van der Waals surface area contributed by atoms with E-state index in [2.05, 4.69) is 5.32 Å². The summed E-state index contributed by atoms with van der Waals surface area (Å²) >= 11 is 0. The number of nitrogens with zero attached hydrogens (tertiary/aromatic N) is 2. The lowest BCUT2D eigenvalue weighted by Gasteiger charge is -2.40. The summed E-state index contributed by atoms with van der Waals surface area (Å²) in [5.74, 6) is -4.50. The number of aliphatic carboxylic acids is 1. The SMILES string of the molecule is CC(=O)N1C=C(c2ccccc2)N(CC(=O)N[C@@H](Cc2ccccc2)C(=O)C(=O)O)C(=O)[C@H]1C(C)C. The van der Waals surface area contributed by atoms with Gasteiger partial charge in [-0.3, -0.25) is 24.1 Å². The molecule has 0 aliphatic carbocycles. The molecule has 0 radical (unpaired) electrons. The standard InChI is InChI=1S/C27H29N3O6/c1-17(2)24-26(34)30(22(15-29(24)18(3)31)20-12-8-5-9-13-20)16-23(32)28-21(25(33)27(35)36)14-19-10-6-4-7-11-19/h4-13,15,17,21,24H,14,16H2,1-3H3,(H,28,32)(H,35,36)/t21-,24+/m0/s1. The molecular weight excluding hydrogens is 462 g/mol. The molecule has 0 bridgehead atoms. The van der Waals surface area contributed by atoms with Crippen LogP contribution in [0.2, 0.25) is 0 Å². The minimum absolute atomic E-state index is 0.0141. The van der Waals surface area contributed by atoms with Crippen LogP contribution in [-0.2, 0) is 30.4 Å². The van der Waals surface area contributed by atoms with E-state index in [4.69, 9.17) is 0 Å². The van der Waals surface area contributed by atoms with Crippen molar-refractivity contribution in [2.75, 3.05) is 6.54 Å². The van der Waals surface area contributed by atoms with Gasteiger partial charge in [0.1, 0.15) is 18.6 Å². The van der Waals surface area contributed by atoms with Gasteiger partial charge < -0.3 is 15.3 Å². The van der Waals surface area contributed by atoms with E-state index in [1.165, 1.54) is 16.7 Å². The summed E-state index contributed by atoms with van der Waals surface area (Å²) in [6.07, 6.45) is 1.54. The third kappa shape index (κ3) is 6.04. The van der Waals surface area contributed by atoms with E-state index < -0.39 is 42.2 Å². The van der Waals surface area contributed by atoms with Crippen molar-refractivity contribution in [1.82, 2.24) is 15.1 Å². The second kappa shape index (κ2) is 11.4. The van der Waals surface area contributed by atoms with Gasteiger partial charge in [-0.25, -0.2) is 4.79 Å². The molecule has 1 aliphatic rings. The average molecular weight is 492 g/mol. The smallest absolute Gasteiger partial charge is 0.374 e. The molecule has 9 nitrogen and oxygen atoms in total. The Hall–Kier alpha value is -4.27. The van der Waals surface area contributed by atoms with Gasteiger partial charge in [0.15, 0.2) is 0 Å². The lowest BCUT2D eigenvalue weighted by molar-refractivity contribution is -0.150. The highest BCUT2D eigenvalue weighted by molar-refractivity contribution is 6.35. The van der Waals surface area contributed by atoms with Crippen LogP contribution in [0.1, 0.15) is 31.9 Å². The topological polar surface area (TPSA) is 124 Å². The first-order valence-corrected chi connectivity index (χ1v) is 11.6. The predicted molar refractivity (Wildman–Crippen MR) is 132 cm³/mol. The number of Topliss-reactive ketones (excluding diaryl/α,β-unsaturated/α-hetero) is 1. The van der Waals surface area contributed by atoms with E-state index in [1.54, 1.807) is 80.7 Å². The summed E-state index contributed by atoms with van der Waals surface area (Å²) in [6.45, 7) is 4.53. The molecule has 2 aromatic rings. The summed E-state index contributed by atoms with van der Waals surface area (Å²) < 4.78 is 0. The van der Waals surface area contributed by atoms with Crippen LogP contribution in [0.25, 0.3) is 5.70 Å². The molecular formula is C27H29N3O6. The van der Waals surface area contributed by atoms with E-state index in [0.29, 0.717) is 16.8 Å². The molecule has 36 heavy (non-hydrogen) atoms. The molecule has 3 amide bonds. The first-order chi connectivity index (χ1) is 17.1. The first kappa shape index (κ1) is 26.3. The maximum absolute atomic E-state index is 13.6. The molecule has 0 aromatic heterocycles. The van der Waals surface area contributed by atoms with Gasteiger partial charge in [-0.15, -0.1) is 0 Å². The van der Waals surface area contributed by atoms with Crippen molar-refractivity contribution in [3.8, 4) is 0 Å². The van der Waals surface area contributed by atoms with Crippen molar-refractivity contribution in [3.63, 3.8) is 0 Å². The Labute approximate surface area is 209 Å². The predicted octanol–water partition coefficient (Wildman–Crippen LogP) is 2.08. The number of ketones is 1. The van der Waals surface area contributed by atoms with Gasteiger partial charge in [0.25, 0.3) is 11.7 Å². The fraction of sp³-hybridized carbons (Fsp3) is 0.296. The number of hydrogen-bond acceptors (Lipinski definition) is 5. The van der Waals surface area contributed by atoms with Crippen LogP contribution in [0.3, 0.4) is 0 Å². The highest BCUT2D eigenvalue weighted by Crippen LogP contribution is 2.29. The van der Waals surface area contributed by atoms with Gasteiger partial charge in [-0.1, -0.05) is 74.5 Å². The summed E-state index contributed by atoms with van der Waals surface area (Å²) in [5, 5.41) is 11.8. The Bertz CT molecular complexity index is 1180. The van der Waals surface area contributed by atoms with Crippen molar-refractivity contribution < 1.29 is 29.1 Å². The number of carboxylic acids is 1. The molecule has 188 valence electrons. The highest BCUT2D eigenvalue weighted by Gasteiger charge is 2.40. The normalized spacial score (nSPS) is 16.4. The van der Waals surface area contributed by atoms with Crippen LogP contribution in [0.4, 0.5) is 0 Å². The number of benzene rings is 2. The van der Waals surface area contributed by atoms with Crippen LogP contribution in [0.5, 0.6) is 0 Å². The van der Waals surface area contributed by atoms with Gasteiger partial charge in [-0.2, -0.15) is 0 Å². The third-order valence-electron chi connectivity index (χ3n) is 5.88. The second-order valence-corrected chi connectivity index (χ2v) is 8.90. The fourth-order valence-corrected chi connectivity index (χ4v) is 4.17. The molecule has 2 atom stereocenters. The average Bonchev–Trinajstić information content (AvgIpc) is 2.84. The maximum atomic E-state index is 13.6. The number of amides is 3. The minimum Gasteiger partial charge on any atom is -0.475 e. The van der Waals surface area contributed by atoms with E-state index >= 15 is 0 Å². The van der Waals surface area contributed by atoms with Crippen LogP contribution < -0.4 is 5.32 Å². The van der Waals surface area contributed by atoms with Crippen LogP contribution in [0.15, 0.2) is 66.9 Å². The summed E-state index contributed by atoms with van der Waals surface area (Å²) in [6, 6.07) is 15.5. The van der Waals surface area contributed by atoms with Crippen LogP contribution in [0, 0.1) is 5.92 Å². The number of carbonyl (C=O) groups excluding carboxylic acids is 4. The second-order valence-electron chi connectivity index (χ2n) is 8.90. The van der Waals surface area contributed by atoms with Gasteiger partial charge in [0.05, 0.1) is 5.70 Å². The van der Waals surface area contributed by atoms with Crippen molar-refractivity contribution in [1.29, 1.82) is 0 Å². The number of rotatable bonds is 9. The molecule has 2 aromatic carbocycles. The Kier molecular flexibility index (Phi) is 8.37. The largest absolute Gasteiger partial charge is 0.475 e. The van der Waals surface area contributed by atoms with Gasteiger partial charge in [0, 0.05) is 19.5 Å². The molecule has 0 unspecified atom stereocenters. The number of nitrogens with one attached hydrogen (secondary N) is 1. The Morgan fingerprint density at radius 1 is 0.972 bits per heavy atom. The third-order valence-corrected chi connectivity index (χ3v) is 5.88. The van der Waals surface area contributed by atoms with Crippen molar-refractivity contribution in [2.45, 2.75) is 39.3 Å². The lowest BCUT2D eigenvalue weighted by Crippen LogP contribution is -2.56. The van der Waals surface area contributed by atoms with Gasteiger partial charge >= 0.3 is 5.97 Å². The van der Waals surface area contributed by atoms with E-state index in [0.717, 1.165) is 0 Å². The van der Waals surface area contributed by atoms with Crippen molar-refractivity contribution >= 4 is 35.2 Å². The molecule has 0 spiro atoms. The molecule has 0 fully saturated rings. The summed E-state index contributed by atoms with van der Waals surface area (Å²) in [5.41, 5.74) is 1.65. The van der Waals surface area contributed by atoms with E-state index in [1.807, 2.05) is 0 Å². The maximum Gasteiger partial charge on any atom is 0.374 e. The quantitative estimate of drug-likeness (QED) is 0.518. The lowest BCUT2D eigenvalue weighted by atomic mass is 9.97. The highest BCUT2D eigenvalue weighted by atomic mass is 16.4. The molecule has 1 heterocycles. The monoisotopic (exact) mass is 491 g/mol. The van der Waals surface area contributed by atoms with Crippen molar-refractivity contribution in [2.24, 2.45) is 5.92 Å². The summed E-state index contributed by atoms with van der Waals surface area (Å²) in [7, 11) is 0. The fourth-order valence-electron chi connectivity index (χ4n) is 4.17. The molecule has 0 saturated carbocycles. The minimum atomic E-state index is -1.66. The number of carboxylic acid groups (broad SMARTS) is 1. The zero-order valence-electron chi connectivity index (χ0n) is 20.4. The zero-order chi connectivity index (χ0) is 26.4. The molecule has 0 saturated heterocycles. The Morgan fingerprint density at radius 2 is 1.56 bits per heavy atom. The number of hydrogen-bond donors (Lipinski definition) is 2. The van der Waals surface area contributed by atoms with Gasteiger partial charge in [-0.05, 0) is 17.0 Å². The molecule has 2 N–H and O–H groups in total. The molecule has 3 rings (SSSR count). The van der Waals surface area contributed by atoms with Crippen molar-refractivity contribution in [3.05, 3.63) is 78.0 Å². The van der Waals surface area contributed by atoms with Crippen LogP contribution >= 0.6 is 0 Å². The van der Waals surface area contributed by atoms with Crippen LogP contribution in [-0.4, -0.2) is 63.0 Å². The van der Waals surface area contributed by atoms with E-state index in [9.17, 15) is 29.1 Å². The Balaban J connectivity index is 1.92. The Morgan fingerprint density at radius 3 is 2.08 bits per heavy atom. The zero-order valence-corrected chi connectivity index (χ0v) is 20.4. The number of carbonyl (C=O) groups is 5. The first-order valence-electron chi connectivity index (χ1n) is 11.6. The van der Waals surface area contributed by atoms with E-state index in [-0.39, 0.29) is 18.2 Å². The summed E-state index contributed by atoms with van der Waals surface area (Å²) in [4.78, 5) is 65.4. The molecule has 1 aliphatic heterocycles.